The van der Waals surface area contributed by atoms with E-state index in [0.29, 0.717) is 12.5 Å². The summed E-state index contributed by atoms with van der Waals surface area (Å²) in [6.07, 6.45) is 9.75. The molecule has 1 heterocycles. The highest BCUT2D eigenvalue weighted by Gasteiger charge is 2.12. The summed E-state index contributed by atoms with van der Waals surface area (Å²) in [5.41, 5.74) is 4.78. The van der Waals surface area contributed by atoms with Gasteiger partial charge >= 0.3 is 0 Å². The molecule has 0 amide bonds. The van der Waals surface area contributed by atoms with Crippen molar-refractivity contribution in [3.05, 3.63) is 84.3 Å². The minimum absolute atomic E-state index is 0.563. The largest absolute Gasteiger partial charge is 0.488 e. The van der Waals surface area contributed by atoms with Gasteiger partial charge in [-0.25, -0.2) is 4.98 Å². The van der Waals surface area contributed by atoms with E-state index in [2.05, 4.69) is 60.7 Å². The van der Waals surface area contributed by atoms with E-state index in [9.17, 15) is 0 Å². The van der Waals surface area contributed by atoms with Crippen LogP contribution in [0.3, 0.4) is 0 Å². The molecular formula is C26H32N2O. The highest BCUT2D eigenvalue weighted by atomic mass is 16.5. The number of aryl methyl sites for hydroxylation is 1. The molecule has 152 valence electrons. The molecule has 0 fully saturated rings. The average molecular weight is 389 g/mol. The van der Waals surface area contributed by atoms with E-state index in [0.717, 1.165) is 36.4 Å². The SMILES string of the molecule is CC(C)=CCCC(C)CCn1cncc1-c1ccccc1OCc1ccccc1. The summed E-state index contributed by atoms with van der Waals surface area (Å²) in [5, 5.41) is 0. The van der Waals surface area contributed by atoms with Crippen LogP contribution < -0.4 is 4.74 Å². The van der Waals surface area contributed by atoms with Crippen molar-refractivity contribution in [2.75, 3.05) is 0 Å². The smallest absolute Gasteiger partial charge is 0.129 e. The van der Waals surface area contributed by atoms with Gasteiger partial charge < -0.3 is 9.30 Å². The molecule has 2 aromatic carbocycles. The minimum Gasteiger partial charge on any atom is -0.488 e. The van der Waals surface area contributed by atoms with Crippen molar-refractivity contribution in [3.63, 3.8) is 0 Å². The summed E-state index contributed by atoms with van der Waals surface area (Å²) in [6.45, 7) is 8.21. The molecule has 0 bridgehead atoms. The fourth-order valence-corrected chi connectivity index (χ4v) is 3.42. The summed E-state index contributed by atoms with van der Waals surface area (Å²) < 4.78 is 8.41. The predicted octanol–water partition coefficient (Wildman–Crippen LogP) is 6.90. The first-order valence-corrected chi connectivity index (χ1v) is 10.5. The number of rotatable bonds is 10. The van der Waals surface area contributed by atoms with Crippen LogP contribution in [0.15, 0.2) is 78.8 Å². The van der Waals surface area contributed by atoms with E-state index < -0.39 is 0 Å². The number of hydrogen-bond donors (Lipinski definition) is 0. The number of allylic oxidation sites excluding steroid dienone is 2. The van der Waals surface area contributed by atoms with Gasteiger partial charge in [0.05, 0.1) is 18.2 Å². The third kappa shape index (κ3) is 6.35. The lowest BCUT2D eigenvalue weighted by molar-refractivity contribution is 0.307. The molecule has 1 unspecified atom stereocenters. The van der Waals surface area contributed by atoms with E-state index in [4.69, 9.17) is 4.74 Å². The Kier molecular flexibility index (Phi) is 7.69. The summed E-state index contributed by atoms with van der Waals surface area (Å²) in [5.74, 6) is 1.58. The Morgan fingerprint density at radius 1 is 1.03 bits per heavy atom. The molecule has 3 nitrogen and oxygen atoms in total. The highest BCUT2D eigenvalue weighted by Crippen LogP contribution is 2.30. The second kappa shape index (κ2) is 10.7. The van der Waals surface area contributed by atoms with Gasteiger partial charge in [0.2, 0.25) is 0 Å². The van der Waals surface area contributed by atoms with E-state index >= 15 is 0 Å². The van der Waals surface area contributed by atoms with Crippen LogP contribution in [0.1, 0.15) is 45.6 Å². The lowest BCUT2D eigenvalue weighted by atomic mass is 10.0. The molecule has 0 N–H and O–H groups in total. The third-order valence-electron chi connectivity index (χ3n) is 5.19. The van der Waals surface area contributed by atoms with E-state index in [1.165, 1.54) is 17.6 Å². The van der Waals surface area contributed by atoms with E-state index in [1.807, 2.05) is 42.9 Å². The van der Waals surface area contributed by atoms with Crippen LogP contribution in [0.4, 0.5) is 0 Å². The van der Waals surface area contributed by atoms with Crippen LogP contribution >= 0.6 is 0 Å². The summed E-state index contributed by atoms with van der Waals surface area (Å²) in [7, 11) is 0. The molecule has 0 radical (unpaired) electrons. The highest BCUT2D eigenvalue weighted by molar-refractivity contribution is 5.67. The first kappa shape index (κ1) is 20.9. The number of benzene rings is 2. The van der Waals surface area contributed by atoms with Crippen molar-refractivity contribution in [3.8, 4) is 17.0 Å². The summed E-state index contributed by atoms with van der Waals surface area (Å²) >= 11 is 0. The fraction of sp³-hybridized carbons (Fsp3) is 0.346. The molecule has 0 aliphatic carbocycles. The van der Waals surface area contributed by atoms with Crippen molar-refractivity contribution in [1.82, 2.24) is 9.55 Å². The van der Waals surface area contributed by atoms with Gasteiger partial charge in [-0.05, 0) is 56.7 Å². The van der Waals surface area contributed by atoms with Gasteiger partial charge in [-0.2, -0.15) is 0 Å². The molecule has 3 aromatic rings. The average Bonchev–Trinajstić information content (AvgIpc) is 3.20. The van der Waals surface area contributed by atoms with Crippen molar-refractivity contribution in [1.29, 1.82) is 0 Å². The molecule has 0 saturated carbocycles. The van der Waals surface area contributed by atoms with Crippen LogP contribution in [-0.4, -0.2) is 9.55 Å². The fourth-order valence-electron chi connectivity index (χ4n) is 3.42. The lowest BCUT2D eigenvalue weighted by Crippen LogP contribution is -2.05. The number of nitrogens with zero attached hydrogens (tertiary/aromatic N) is 2. The summed E-state index contributed by atoms with van der Waals surface area (Å²) in [4.78, 5) is 4.42. The zero-order chi connectivity index (χ0) is 20.5. The Bertz CT molecular complexity index is 907. The van der Waals surface area contributed by atoms with Gasteiger partial charge in [0.15, 0.2) is 0 Å². The molecule has 3 rings (SSSR count). The number of para-hydroxylation sites is 1. The Hall–Kier alpha value is -2.81. The molecule has 29 heavy (non-hydrogen) atoms. The van der Waals surface area contributed by atoms with Gasteiger partial charge in [-0.15, -0.1) is 0 Å². The maximum absolute atomic E-state index is 6.16. The van der Waals surface area contributed by atoms with Crippen LogP contribution in [-0.2, 0) is 13.2 Å². The number of hydrogen-bond acceptors (Lipinski definition) is 2. The third-order valence-corrected chi connectivity index (χ3v) is 5.19. The summed E-state index contributed by atoms with van der Waals surface area (Å²) in [6, 6.07) is 18.5. The van der Waals surface area contributed by atoms with Gasteiger partial charge in [0.25, 0.3) is 0 Å². The first-order valence-electron chi connectivity index (χ1n) is 10.5. The molecule has 0 spiro atoms. The van der Waals surface area contributed by atoms with Crippen molar-refractivity contribution in [2.24, 2.45) is 5.92 Å². The Labute approximate surface area is 175 Å². The van der Waals surface area contributed by atoms with Crippen LogP contribution in [0.5, 0.6) is 5.75 Å². The Balaban J connectivity index is 1.66. The molecule has 0 aliphatic rings. The Morgan fingerprint density at radius 2 is 1.79 bits per heavy atom. The number of imidazole rings is 1. The van der Waals surface area contributed by atoms with Gasteiger partial charge in [0, 0.05) is 12.1 Å². The maximum atomic E-state index is 6.16. The molecular weight excluding hydrogens is 356 g/mol. The first-order chi connectivity index (χ1) is 14.1. The molecule has 0 saturated heterocycles. The van der Waals surface area contributed by atoms with Gasteiger partial charge in [0.1, 0.15) is 12.4 Å². The second-order valence-corrected chi connectivity index (χ2v) is 8.00. The molecule has 3 heteroatoms. The van der Waals surface area contributed by atoms with Gasteiger partial charge in [-0.3, -0.25) is 0 Å². The monoisotopic (exact) mass is 388 g/mol. The Morgan fingerprint density at radius 3 is 2.59 bits per heavy atom. The van der Waals surface area contributed by atoms with Crippen LogP contribution in [0, 0.1) is 5.92 Å². The minimum atomic E-state index is 0.563. The zero-order valence-electron chi connectivity index (χ0n) is 17.8. The topological polar surface area (TPSA) is 27.1 Å². The molecule has 0 aliphatic heterocycles. The molecule has 1 atom stereocenters. The molecule has 1 aromatic heterocycles. The number of ether oxygens (including phenoxy) is 1. The normalized spacial score (nSPS) is 11.8. The van der Waals surface area contributed by atoms with E-state index in [-0.39, 0.29) is 0 Å². The standard InChI is InChI=1S/C26H32N2O/c1-21(2)10-9-11-22(3)16-17-28-20-27-18-25(28)24-14-7-8-15-26(24)29-19-23-12-5-4-6-13-23/h4-8,10,12-15,18,20,22H,9,11,16-17,19H2,1-3H3. The lowest BCUT2D eigenvalue weighted by Gasteiger charge is -2.15. The predicted molar refractivity (Wildman–Crippen MR) is 121 cm³/mol. The van der Waals surface area contributed by atoms with E-state index in [1.54, 1.807) is 0 Å². The zero-order valence-corrected chi connectivity index (χ0v) is 17.8. The van der Waals surface area contributed by atoms with Crippen LogP contribution in [0.2, 0.25) is 0 Å². The van der Waals surface area contributed by atoms with Crippen molar-refractivity contribution < 1.29 is 4.74 Å². The second-order valence-electron chi connectivity index (χ2n) is 8.00. The maximum Gasteiger partial charge on any atom is 0.129 e. The van der Waals surface area contributed by atoms with Gasteiger partial charge in [-0.1, -0.05) is 61.0 Å². The van der Waals surface area contributed by atoms with Crippen molar-refractivity contribution in [2.45, 2.75) is 53.2 Å². The van der Waals surface area contributed by atoms with Crippen LogP contribution in [0.25, 0.3) is 11.3 Å². The van der Waals surface area contributed by atoms with Crippen molar-refractivity contribution >= 4 is 0 Å². The quantitative estimate of drug-likeness (QED) is 0.353. The number of aromatic nitrogens is 2.